The number of para-hydroxylation sites is 3. The standard InChI is InChI=1S/C68H46N2/c1-2-16-47(17-3-1)48-30-32-49(33-31-48)50-34-40-54(41-35-50)69(56-44-38-52(39-45-56)65-46-53-18-4-5-20-58(53)59-21-8-9-23-61(59)65)55-42-36-51(37-43-55)57-19-6-7-22-60(57)62-24-10-13-27-66(62)70-67-28-14-11-25-63(67)64-26-12-15-29-68(64)70/h1-46H. The van der Waals surface area contributed by atoms with Crippen molar-refractivity contribution in [3.8, 4) is 61.3 Å². The van der Waals surface area contributed by atoms with Gasteiger partial charge in [0.1, 0.15) is 0 Å². The molecule has 2 heteroatoms. The highest BCUT2D eigenvalue weighted by Crippen LogP contribution is 2.43. The molecule has 0 N–H and O–H groups in total. The van der Waals surface area contributed by atoms with Gasteiger partial charge in [0.2, 0.25) is 0 Å². The predicted molar refractivity (Wildman–Crippen MR) is 298 cm³/mol. The molecule has 0 saturated carbocycles. The predicted octanol–water partition coefficient (Wildman–Crippen LogP) is 18.9. The summed E-state index contributed by atoms with van der Waals surface area (Å²) in [6, 6.07) is 102. The monoisotopic (exact) mass is 890 g/mol. The van der Waals surface area contributed by atoms with Crippen LogP contribution in [-0.4, -0.2) is 4.57 Å². The van der Waals surface area contributed by atoms with Crippen molar-refractivity contribution in [2.75, 3.05) is 4.90 Å². The lowest BCUT2D eigenvalue weighted by atomic mass is 9.93. The van der Waals surface area contributed by atoms with Crippen LogP contribution in [0.2, 0.25) is 0 Å². The Labute approximate surface area is 408 Å². The van der Waals surface area contributed by atoms with Crippen LogP contribution >= 0.6 is 0 Å². The van der Waals surface area contributed by atoms with Gasteiger partial charge in [-0.05, 0) is 132 Å². The van der Waals surface area contributed by atoms with E-state index in [-0.39, 0.29) is 0 Å². The molecule has 0 bridgehead atoms. The van der Waals surface area contributed by atoms with E-state index in [9.17, 15) is 0 Å². The first-order chi connectivity index (χ1) is 34.7. The minimum atomic E-state index is 1.08. The Morgan fingerprint density at radius 2 is 0.614 bits per heavy atom. The summed E-state index contributed by atoms with van der Waals surface area (Å²) in [4.78, 5) is 2.37. The second-order valence-electron chi connectivity index (χ2n) is 18.0. The summed E-state index contributed by atoms with van der Waals surface area (Å²) in [6.45, 7) is 0. The van der Waals surface area contributed by atoms with Gasteiger partial charge in [-0.3, -0.25) is 0 Å². The summed E-state index contributed by atoms with van der Waals surface area (Å²) >= 11 is 0. The highest BCUT2D eigenvalue weighted by molar-refractivity contribution is 6.14. The van der Waals surface area contributed by atoms with Crippen molar-refractivity contribution in [1.82, 2.24) is 4.57 Å². The fourth-order valence-electron chi connectivity index (χ4n) is 10.7. The molecule has 0 unspecified atom stereocenters. The fourth-order valence-corrected chi connectivity index (χ4v) is 10.7. The van der Waals surface area contributed by atoms with Crippen molar-refractivity contribution in [1.29, 1.82) is 0 Å². The number of benzene rings is 12. The van der Waals surface area contributed by atoms with Crippen LogP contribution in [0, 0.1) is 0 Å². The highest BCUT2D eigenvalue weighted by atomic mass is 15.1. The number of anilines is 3. The minimum Gasteiger partial charge on any atom is -0.311 e. The van der Waals surface area contributed by atoms with Crippen molar-refractivity contribution in [2.24, 2.45) is 0 Å². The molecule has 0 radical (unpaired) electrons. The maximum absolute atomic E-state index is 2.43. The van der Waals surface area contributed by atoms with E-state index in [0.29, 0.717) is 0 Å². The maximum atomic E-state index is 2.43. The Bertz CT molecular complexity index is 3960. The number of hydrogen-bond donors (Lipinski definition) is 0. The summed E-state index contributed by atoms with van der Waals surface area (Å²) in [6.07, 6.45) is 0. The molecule has 0 fully saturated rings. The summed E-state index contributed by atoms with van der Waals surface area (Å²) in [5.41, 5.74) is 18.7. The van der Waals surface area contributed by atoms with Crippen LogP contribution < -0.4 is 4.90 Å². The van der Waals surface area contributed by atoms with Crippen LogP contribution in [0.1, 0.15) is 0 Å². The SMILES string of the molecule is c1ccc(-c2ccc(-c3ccc(N(c4ccc(-c5ccccc5-c5ccccc5-n5c6ccccc6c6ccccc65)cc4)c4ccc(-c5cc6ccccc6c6ccccc56)cc4)cc3)cc2)cc1. The van der Waals surface area contributed by atoms with E-state index in [1.165, 1.54) is 93.4 Å². The lowest BCUT2D eigenvalue weighted by Crippen LogP contribution is -2.09. The highest BCUT2D eigenvalue weighted by Gasteiger charge is 2.19. The topological polar surface area (TPSA) is 8.17 Å². The fraction of sp³-hybridized carbons (Fsp3) is 0. The van der Waals surface area contributed by atoms with Crippen molar-refractivity contribution in [3.63, 3.8) is 0 Å². The van der Waals surface area contributed by atoms with E-state index in [4.69, 9.17) is 0 Å². The molecule has 0 saturated heterocycles. The van der Waals surface area contributed by atoms with Crippen LogP contribution in [-0.2, 0) is 0 Å². The molecule has 13 aromatic rings. The zero-order valence-electron chi connectivity index (χ0n) is 38.5. The number of rotatable bonds is 9. The summed E-state index contributed by atoms with van der Waals surface area (Å²) in [7, 11) is 0. The average molecular weight is 891 g/mol. The van der Waals surface area contributed by atoms with Crippen molar-refractivity contribution >= 4 is 60.4 Å². The molecular formula is C68H46N2. The normalized spacial score (nSPS) is 11.4. The van der Waals surface area contributed by atoms with Gasteiger partial charge in [-0.2, -0.15) is 0 Å². The van der Waals surface area contributed by atoms with Crippen molar-refractivity contribution in [2.45, 2.75) is 0 Å². The zero-order chi connectivity index (χ0) is 46.4. The Morgan fingerprint density at radius 1 is 0.229 bits per heavy atom. The summed E-state index contributed by atoms with van der Waals surface area (Å²) in [5.74, 6) is 0. The molecule has 0 aliphatic rings. The molecule has 0 amide bonds. The molecule has 2 nitrogen and oxygen atoms in total. The summed E-state index contributed by atoms with van der Waals surface area (Å²) < 4.78 is 2.43. The van der Waals surface area contributed by atoms with Gasteiger partial charge in [-0.25, -0.2) is 0 Å². The Kier molecular flexibility index (Phi) is 10.2. The first-order valence-corrected chi connectivity index (χ1v) is 24.1. The molecule has 0 aliphatic heterocycles. The van der Waals surface area contributed by atoms with Gasteiger partial charge in [0.25, 0.3) is 0 Å². The van der Waals surface area contributed by atoms with Crippen molar-refractivity contribution < 1.29 is 0 Å². The Morgan fingerprint density at radius 3 is 1.20 bits per heavy atom. The number of fused-ring (bicyclic) bond motifs is 6. The second-order valence-corrected chi connectivity index (χ2v) is 18.0. The van der Waals surface area contributed by atoms with Gasteiger partial charge in [0.05, 0.1) is 16.7 Å². The van der Waals surface area contributed by atoms with Gasteiger partial charge in [0.15, 0.2) is 0 Å². The van der Waals surface area contributed by atoms with Crippen LogP contribution in [0.4, 0.5) is 17.1 Å². The third kappa shape index (κ3) is 7.22. The van der Waals surface area contributed by atoms with Gasteiger partial charge >= 0.3 is 0 Å². The van der Waals surface area contributed by atoms with Gasteiger partial charge in [-0.15, -0.1) is 0 Å². The van der Waals surface area contributed by atoms with E-state index >= 15 is 0 Å². The molecule has 12 aromatic carbocycles. The smallest absolute Gasteiger partial charge is 0.0541 e. The third-order valence-electron chi connectivity index (χ3n) is 14.0. The molecule has 0 aliphatic carbocycles. The number of aromatic nitrogens is 1. The minimum absolute atomic E-state index is 1.08. The zero-order valence-corrected chi connectivity index (χ0v) is 38.5. The van der Waals surface area contributed by atoms with Crippen molar-refractivity contribution in [3.05, 3.63) is 279 Å². The Balaban J connectivity index is 0.891. The molecule has 13 rings (SSSR count). The largest absolute Gasteiger partial charge is 0.311 e. The molecule has 1 aromatic heterocycles. The van der Waals surface area contributed by atoms with Crippen LogP contribution in [0.25, 0.3) is 105 Å². The molecule has 70 heavy (non-hydrogen) atoms. The number of hydrogen-bond acceptors (Lipinski definition) is 1. The molecule has 328 valence electrons. The van der Waals surface area contributed by atoms with E-state index in [1.807, 2.05) is 0 Å². The Hall–Kier alpha value is -9.24. The lowest BCUT2D eigenvalue weighted by Gasteiger charge is -2.26. The van der Waals surface area contributed by atoms with Crippen LogP contribution in [0.5, 0.6) is 0 Å². The van der Waals surface area contributed by atoms with Crippen LogP contribution in [0.3, 0.4) is 0 Å². The van der Waals surface area contributed by atoms with E-state index in [0.717, 1.165) is 28.3 Å². The van der Waals surface area contributed by atoms with E-state index in [1.54, 1.807) is 0 Å². The third-order valence-corrected chi connectivity index (χ3v) is 14.0. The van der Waals surface area contributed by atoms with Gasteiger partial charge < -0.3 is 9.47 Å². The molecule has 1 heterocycles. The second kappa shape index (κ2) is 17.4. The number of nitrogens with zero attached hydrogens (tertiary/aromatic N) is 2. The lowest BCUT2D eigenvalue weighted by molar-refractivity contribution is 1.18. The summed E-state index contributed by atoms with van der Waals surface area (Å²) in [5, 5.41) is 7.56. The molecule has 0 atom stereocenters. The van der Waals surface area contributed by atoms with E-state index < -0.39 is 0 Å². The molecular weight excluding hydrogens is 845 g/mol. The van der Waals surface area contributed by atoms with Gasteiger partial charge in [0, 0.05) is 33.4 Å². The van der Waals surface area contributed by atoms with E-state index in [2.05, 4.69) is 289 Å². The quantitative estimate of drug-likeness (QED) is 0.131. The first kappa shape index (κ1) is 41.0. The first-order valence-electron chi connectivity index (χ1n) is 24.1. The van der Waals surface area contributed by atoms with Gasteiger partial charge in [-0.1, -0.05) is 218 Å². The maximum Gasteiger partial charge on any atom is 0.0541 e. The molecule has 0 spiro atoms. The van der Waals surface area contributed by atoms with Crippen LogP contribution in [0.15, 0.2) is 279 Å². The average Bonchev–Trinajstić information content (AvgIpc) is 3.78.